The third kappa shape index (κ3) is 2.94. The first-order valence-electron chi connectivity index (χ1n) is 7.72. The number of nitrogens with zero attached hydrogens (tertiary/aromatic N) is 5. The van der Waals surface area contributed by atoms with Crippen molar-refractivity contribution in [1.82, 2.24) is 25.2 Å². The van der Waals surface area contributed by atoms with Crippen LogP contribution in [0.3, 0.4) is 0 Å². The second-order valence-corrected chi connectivity index (χ2v) is 5.55. The first-order valence-corrected chi connectivity index (χ1v) is 7.72. The highest BCUT2D eigenvalue weighted by Gasteiger charge is 2.09. The summed E-state index contributed by atoms with van der Waals surface area (Å²) in [6, 6.07) is 16.6. The van der Waals surface area contributed by atoms with Gasteiger partial charge in [-0.25, -0.2) is 0 Å². The molecule has 1 N–H and O–H groups in total. The van der Waals surface area contributed by atoms with Crippen LogP contribution in [0.25, 0.3) is 16.6 Å². The van der Waals surface area contributed by atoms with Crippen LogP contribution >= 0.6 is 0 Å². The fourth-order valence-corrected chi connectivity index (χ4v) is 2.61. The van der Waals surface area contributed by atoms with Crippen molar-refractivity contribution < 1.29 is 4.79 Å². The minimum Gasteiger partial charge on any atom is -0.322 e. The average Bonchev–Trinajstić information content (AvgIpc) is 3.07. The van der Waals surface area contributed by atoms with Crippen LogP contribution in [0.15, 0.2) is 60.8 Å². The molecule has 2 aromatic heterocycles. The molecule has 4 aromatic rings. The number of carbonyl (C=O) groups is 1. The van der Waals surface area contributed by atoms with Crippen LogP contribution in [0.5, 0.6) is 0 Å². The zero-order chi connectivity index (χ0) is 17.2. The lowest BCUT2D eigenvalue weighted by molar-refractivity contribution is 0.102. The molecule has 0 spiro atoms. The van der Waals surface area contributed by atoms with Crippen LogP contribution in [-0.4, -0.2) is 31.1 Å². The Kier molecular flexibility index (Phi) is 3.66. The quantitative estimate of drug-likeness (QED) is 0.624. The van der Waals surface area contributed by atoms with Gasteiger partial charge in [-0.15, -0.1) is 5.10 Å². The van der Waals surface area contributed by atoms with Gasteiger partial charge in [0.05, 0.1) is 11.2 Å². The Morgan fingerprint density at radius 2 is 2.00 bits per heavy atom. The topological polar surface area (TPSA) is 85.6 Å². The summed E-state index contributed by atoms with van der Waals surface area (Å²) in [6.07, 6.45) is 1.73. The number of amides is 1. The number of benzene rings is 2. The number of nitrogens with one attached hydrogen (secondary N) is 1. The van der Waals surface area contributed by atoms with Gasteiger partial charge in [0.1, 0.15) is 0 Å². The molecule has 0 aliphatic heterocycles. The summed E-state index contributed by atoms with van der Waals surface area (Å²) in [5.74, 6) is 0.488. The first kappa shape index (κ1) is 14.9. The van der Waals surface area contributed by atoms with E-state index in [1.165, 1.54) is 0 Å². The van der Waals surface area contributed by atoms with Gasteiger partial charge in [0.15, 0.2) is 5.82 Å². The number of aromatic nitrogens is 5. The van der Waals surface area contributed by atoms with E-state index >= 15 is 0 Å². The van der Waals surface area contributed by atoms with Gasteiger partial charge < -0.3 is 5.32 Å². The number of aryl methyl sites for hydroxylation is 1. The Balaban J connectivity index is 1.61. The van der Waals surface area contributed by atoms with Gasteiger partial charge in [-0.05, 0) is 59.8 Å². The van der Waals surface area contributed by atoms with Crippen molar-refractivity contribution in [2.24, 2.45) is 0 Å². The van der Waals surface area contributed by atoms with Crippen molar-refractivity contribution in [3.63, 3.8) is 0 Å². The molecule has 0 atom stereocenters. The molecular weight excluding hydrogens is 316 g/mol. The van der Waals surface area contributed by atoms with Crippen molar-refractivity contribution in [1.29, 1.82) is 0 Å². The number of rotatable bonds is 3. The molecule has 0 aliphatic rings. The fourth-order valence-electron chi connectivity index (χ4n) is 2.61. The van der Waals surface area contributed by atoms with Gasteiger partial charge in [0.2, 0.25) is 0 Å². The molecule has 0 fully saturated rings. The first-order chi connectivity index (χ1) is 12.2. The molecular formula is C18H14N6O. The molecule has 0 saturated carbocycles. The molecule has 7 nitrogen and oxygen atoms in total. The molecule has 122 valence electrons. The van der Waals surface area contributed by atoms with Crippen molar-refractivity contribution in [3.8, 4) is 5.69 Å². The number of anilines is 1. The van der Waals surface area contributed by atoms with E-state index in [-0.39, 0.29) is 5.91 Å². The van der Waals surface area contributed by atoms with E-state index in [0.717, 1.165) is 16.6 Å². The Bertz CT molecular complexity index is 1070. The van der Waals surface area contributed by atoms with Gasteiger partial charge >= 0.3 is 0 Å². The van der Waals surface area contributed by atoms with Gasteiger partial charge in [-0.1, -0.05) is 12.1 Å². The van der Waals surface area contributed by atoms with E-state index in [1.54, 1.807) is 16.9 Å². The van der Waals surface area contributed by atoms with E-state index in [1.807, 2.05) is 55.5 Å². The minimum atomic E-state index is -0.184. The number of pyridine rings is 1. The highest BCUT2D eigenvalue weighted by Crippen LogP contribution is 2.17. The van der Waals surface area contributed by atoms with Crippen LogP contribution in [0.1, 0.15) is 16.2 Å². The minimum absolute atomic E-state index is 0.184. The Hall–Kier alpha value is -3.61. The molecule has 25 heavy (non-hydrogen) atoms. The SMILES string of the molecule is Cc1nnnn1-c1cccc(NC(=O)c2ccc3ncccc3c2)c1. The summed E-state index contributed by atoms with van der Waals surface area (Å²) >= 11 is 0. The zero-order valence-electron chi connectivity index (χ0n) is 13.4. The molecule has 1 amide bonds. The lowest BCUT2D eigenvalue weighted by atomic mass is 10.1. The van der Waals surface area contributed by atoms with E-state index in [0.29, 0.717) is 17.1 Å². The number of carbonyl (C=O) groups excluding carboxylic acids is 1. The summed E-state index contributed by atoms with van der Waals surface area (Å²) in [4.78, 5) is 16.8. The molecule has 0 unspecified atom stereocenters. The second-order valence-electron chi connectivity index (χ2n) is 5.55. The maximum absolute atomic E-state index is 12.5. The summed E-state index contributed by atoms with van der Waals surface area (Å²) in [5.41, 5.74) is 2.88. The lowest BCUT2D eigenvalue weighted by Gasteiger charge is -2.08. The molecule has 2 aromatic carbocycles. The summed E-state index contributed by atoms with van der Waals surface area (Å²) in [6.45, 7) is 1.81. The number of hydrogen-bond acceptors (Lipinski definition) is 5. The number of hydrogen-bond donors (Lipinski definition) is 1. The van der Waals surface area contributed by atoms with Gasteiger partial charge in [0, 0.05) is 22.8 Å². The van der Waals surface area contributed by atoms with Crippen LogP contribution in [0, 0.1) is 6.92 Å². The second kappa shape index (κ2) is 6.12. The smallest absolute Gasteiger partial charge is 0.255 e. The van der Waals surface area contributed by atoms with Crippen molar-refractivity contribution >= 4 is 22.5 Å². The van der Waals surface area contributed by atoms with Gasteiger partial charge in [-0.3, -0.25) is 9.78 Å². The highest BCUT2D eigenvalue weighted by molar-refractivity contribution is 6.06. The maximum Gasteiger partial charge on any atom is 0.255 e. The van der Waals surface area contributed by atoms with Crippen molar-refractivity contribution in [2.45, 2.75) is 6.92 Å². The van der Waals surface area contributed by atoms with Crippen LogP contribution in [0.2, 0.25) is 0 Å². The van der Waals surface area contributed by atoms with Crippen LogP contribution in [-0.2, 0) is 0 Å². The van der Waals surface area contributed by atoms with Gasteiger partial charge in [0.25, 0.3) is 5.91 Å². The number of fused-ring (bicyclic) bond motifs is 1. The third-order valence-corrected chi connectivity index (χ3v) is 3.84. The predicted octanol–water partition coefficient (Wildman–Crippen LogP) is 2.77. The Labute approximate surface area is 143 Å². The standard InChI is InChI=1S/C18H14N6O/c1-12-21-22-23-24(12)16-6-2-5-15(11-16)20-18(25)14-7-8-17-13(10-14)4-3-9-19-17/h2-11H,1H3,(H,20,25). The molecule has 7 heteroatoms. The summed E-state index contributed by atoms with van der Waals surface area (Å²) in [5, 5.41) is 15.3. The van der Waals surface area contributed by atoms with Crippen molar-refractivity contribution in [2.75, 3.05) is 5.32 Å². The Morgan fingerprint density at radius 3 is 2.84 bits per heavy atom. The Morgan fingerprint density at radius 1 is 1.08 bits per heavy atom. The molecule has 4 rings (SSSR count). The molecule has 0 saturated heterocycles. The van der Waals surface area contributed by atoms with Crippen LogP contribution in [0.4, 0.5) is 5.69 Å². The summed E-state index contributed by atoms with van der Waals surface area (Å²) < 4.78 is 1.61. The normalized spacial score (nSPS) is 10.8. The van der Waals surface area contributed by atoms with Crippen LogP contribution < -0.4 is 5.32 Å². The largest absolute Gasteiger partial charge is 0.322 e. The van der Waals surface area contributed by atoms with E-state index < -0.39 is 0 Å². The number of tetrazole rings is 1. The lowest BCUT2D eigenvalue weighted by Crippen LogP contribution is -2.12. The molecule has 2 heterocycles. The monoisotopic (exact) mass is 330 g/mol. The van der Waals surface area contributed by atoms with E-state index in [9.17, 15) is 4.79 Å². The fraction of sp³-hybridized carbons (Fsp3) is 0.0556. The summed E-state index contributed by atoms with van der Waals surface area (Å²) in [7, 11) is 0. The van der Waals surface area contributed by atoms with E-state index in [4.69, 9.17) is 0 Å². The van der Waals surface area contributed by atoms with E-state index in [2.05, 4.69) is 25.8 Å². The molecule has 0 radical (unpaired) electrons. The average molecular weight is 330 g/mol. The third-order valence-electron chi connectivity index (χ3n) is 3.84. The zero-order valence-corrected chi connectivity index (χ0v) is 13.4. The van der Waals surface area contributed by atoms with Gasteiger partial charge in [-0.2, -0.15) is 4.68 Å². The molecule has 0 bridgehead atoms. The maximum atomic E-state index is 12.5. The predicted molar refractivity (Wildman–Crippen MR) is 93.6 cm³/mol. The highest BCUT2D eigenvalue weighted by atomic mass is 16.1. The van der Waals surface area contributed by atoms with Crippen molar-refractivity contribution in [3.05, 3.63) is 72.2 Å². The molecule has 0 aliphatic carbocycles.